The number of rotatable bonds is 5. The Balaban J connectivity index is 3.42. The van der Waals surface area contributed by atoms with E-state index in [2.05, 4.69) is 0 Å². The average molecular weight is 325 g/mol. The maximum atomic E-state index is 12.9. The van der Waals surface area contributed by atoms with Crippen LogP contribution in [0.5, 0.6) is 0 Å². The molecule has 0 saturated carbocycles. The molecule has 1 aromatic rings. The smallest absolute Gasteiger partial charge is 0.417 e. The molecule has 0 saturated heterocycles. The van der Waals surface area contributed by atoms with E-state index in [9.17, 15) is 26.4 Å². The van der Waals surface area contributed by atoms with Crippen LogP contribution >= 0.6 is 0 Å². The van der Waals surface area contributed by atoms with Crippen molar-refractivity contribution in [3.8, 4) is 0 Å². The number of sulfonamides is 1. The van der Waals surface area contributed by atoms with Gasteiger partial charge in [-0.2, -0.15) is 17.5 Å². The van der Waals surface area contributed by atoms with Crippen LogP contribution in [0.1, 0.15) is 18.9 Å². The number of carboxylic acids is 1. The Kier molecular flexibility index (Phi) is 5.00. The zero-order valence-corrected chi connectivity index (χ0v) is 12.1. The molecule has 0 aliphatic heterocycles. The fraction of sp³-hybridized carbons (Fsp3) is 0.417. The largest absolute Gasteiger partial charge is 0.480 e. The molecule has 0 radical (unpaired) electrons. The quantitative estimate of drug-likeness (QED) is 0.900. The van der Waals surface area contributed by atoms with Crippen LogP contribution in [0.4, 0.5) is 13.2 Å². The lowest BCUT2D eigenvalue weighted by Gasteiger charge is -2.24. The fourth-order valence-corrected chi connectivity index (χ4v) is 3.43. The number of hydrogen-bond acceptors (Lipinski definition) is 3. The van der Waals surface area contributed by atoms with Crippen molar-refractivity contribution in [2.75, 3.05) is 7.05 Å². The number of carboxylic acid groups (broad SMARTS) is 1. The molecule has 1 N–H and O–H groups in total. The number of nitrogens with zero attached hydrogens (tertiary/aromatic N) is 1. The van der Waals surface area contributed by atoms with E-state index >= 15 is 0 Å². The molecular formula is C12H14F3NO4S. The van der Waals surface area contributed by atoms with Gasteiger partial charge in [0, 0.05) is 7.05 Å². The van der Waals surface area contributed by atoms with E-state index in [1.54, 1.807) is 0 Å². The summed E-state index contributed by atoms with van der Waals surface area (Å²) in [6, 6.07) is 2.23. The highest BCUT2D eigenvalue weighted by atomic mass is 32.2. The first-order valence-electron chi connectivity index (χ1n) is 5.90. The van der Waals surface area contributed by atoms with Gasteiger partial charge >= 0.3 is 12.1 Å². The monoisotopic (exact) mass is 325 g/mol. The number of carbonyl (C=O) groups is 1. The van der Waals surface area contributed by atoms with E-state index in [0.717, 1.165) is 25.2 Å². The third-order valence-corrected chi connectivity index (χ3v) is 4.88. The van der Waals surface area contributed by atoms with Gasteiger partial charge in [0.2, 0.25) is 10.0 Å². The van der Waals surface area contributed by atoms with Crippen LogP contribution in [0.2, 0.25) is 0 Å². The number of hydrogen-bond donors (Lipinski definition) is 1. The lowest BCUT2D eigenvalue weighted by Crippen LogP contribution is -2.42. The fourth-order valence-electron chi connectivity index (χ4n) is 1.84. The van der Waals surface area contributed by atoms with Crippen LogP contribution in [-0.2, 0) is 21.0 Å². The maximum absolute atomic E-state index is 12.9. The van der Waals surface area contributed by atoms with E-state index in [1.807, 2.05) is 0 Å². The Labute approximate surface area is 120 Å². The van der Waals surface area contributed by atoms with Crippen molar-refractivity contribution in [3.05, 3.63) is 29.8 Å². The van der Waals surface area contributed by atoms with E-state index in [-0.39, 0.29) is 6.42 Å². The minimum atomic E-state index is -4.85. The van der Waals surface area contributed by atoms with Gasteiger partial charge in [0.05, 0.1) is 10.5 Å². The highest BCUT2D eigenvalue weighted by Crippen LogP contribution is 2.35. The van der Waals surface area contributed by atoms with Gasteiger partial charge in [-0.05, 0) is 18.6 Å². The summed E-state index contributed by atoms with van der Waals surface area (Å²) in [5.74, 6) is -1.42. The normalized spacial score (nSPS) is 14.2. The topological polar surface area (TPSA) is 74.7 Å². The molecule has 9 heteroatoms. The van der Waals surface area contributed by atoms with Crippen LogP contribution in [0, 0.1) is 0 Å². The first-order chi connectivity index (χ1) is 9.53. The molecule has 0 heterocycles. The molecule has 0 aliphatic carbocycles. The number of likely N-dealkylation sites (N-methyl/N-ethyl adjacent to an activating group) is 1. The molecule has 0 amide bonds. The molecule has 21 heavy (non-hydrogen) atoms. The summed E-state index contributed by atoms with van der Waals surface area (Å²) in [4.78, 5) is 10.0. The summed E-state index contributed by atoms with van der Waals surface area (Å²) in [5, 5.41) is 8.95. The van der Waals surface area contributed by atoms with Crippen molar-refractivity contribution in [2.45, 2.75) is 30.5 Å². The van der Waals surface area contributed by atoms with E-state index < -0.39 is 38.7 Å². The number of benzene rings is 1. The Morgan fingerprint density at radius 2 is 1.86 bits per heavy atom. The van der Waals surface area contributed by atoms with Crippen LogP contribution in [0.15, 0.2) is 29.2 Å². The van der Waals surface area contributed by atoms with Crippen molar-refractivity contribution < 1.29 is 31.5 Å². The van der Waals surface area contributed by atoms with Gasteiger partial charge in [-0.25, -0.2) is 8.42 Å². The lowest BCUT2D eigenvalue weighted by molar-refractivity contribution is -0.141. The molecule has 5 nitrogen and oxygen atoms in total. The molecule has 118 valence electrons. The van der Waals surface area contributed by atoms with E-state index in [0.29, 0.717) is 10.4 Å². The molecule has 1 aromatic carbocycles. The predicted octanol–water partition coefficient (Wildman–Crippen LogP) is 2.19. The van der Waals surface area contributed by atoms with Crippen molar-refractivity contribution in [1.29, 1.82) is 0 Å². The van der Waals surface area contributed by atoms with Gasteiger partial charge < -0.3 is 5.11 Å². The molecular weight excluding hydrogens is 311 g/mol. The van der Waals surface area contributed by atoms with Gasteiger partial charge in [-0.1, -0.05) is 19.1 Å². The van der Waals surface area contributed by atoms with Crippen molar-refractivity contribution >= 4 is 16.0 Å². The molecule has 0 bridgehead atoms. The standard InChI is InChI=1S/C12H14F3NO4S/c1-3-9(11(17)18)16(2)21(19,20)10-7-5-4-6-8(10)12(13,14)15/h4-7,9H,3H2,1-2H3,(H,17,18). The highest BCUT2D eigenvalue weighted by molar-refractivity contribution is 7.89. The first-order valence-corrected chi connectivity index (χ1v) is 7.34. The Morgan fingerprint density at radius 3 is 2.29 bits per heavy atom. The van der Waals surface area contributed by atoms with Crippen molar-refractivity contribution in [3.63, 3.8) is 0 Å². The molecule has 1 atom stereocenters. The number of aliphatic carboxylic acids is 1. The molecule has 1 unspecified atom stereocenters. The van der Waals surface area contributed by atoms with Crippen LogP contribution in [0.3, 0.4) is 0 Å². The summed E-state index contributed by atoms with van der Waals surface area (Å²) in [6.45, 7) is 1.43. The van der Waals surface area contributed by atoms with E-state index in [1.165, 1.54) is 6.92 Å². The van der Waals surface area contributed by atoms with Gasteiger partial charge in [-0.3, -0.25) is 4.79 Å². The molecule has 0 aliphatic rings. The number of halogens is 3. The maximum Gasteiger partial charge on any atom is 0.417 e. The summed E-state index contributed by atoms with van der Waals surface area (Å²) in [7, 11) is -3.63. The molecule has 0 fully saturated rings. The Hall–Kier alpha value is -1.61. The SMILES string of the molecule is CCC(C(=O)O)N(C)S(=O)(=O)c1ccccc1C(F)(F)F. The summed E-state index contributed by atoms with van der Waals surface area (Å²) in [5.41, 5.74) is -1.32. The lowest BCUT2D eigenvalue weighted by atomic mass is 10.2. The first kappa shape index (κ1) is 17.4. The molecule has 1 rings (SSSR count). The average Bonchev–Trinajstić information content (AvgIpc) is 2.38. The van der Waals surface area contributed by atoms with Gasteiger partial charge in [-0.15, -0.1) is 0 Å². The van der Waals surface area contributed by atoms with Gasteiger partial charge in [0.15, 0.2) is 0 Å². The number of alkyl halides is 3. The third-order valence-electron chi connectivity index (χ3n) is 2.96. The van der Waals surface area contributed by atoms with Crippen molar-refractivity contribution in [1.82, 2.24) is 4.31 Å². The van der Waals surface area contributed by atoms with Gasteiger partial charge in [0.1, 0.15) is 6.04 Å². The highest BCUT2D eigenvalue weighted by Gasteiger charge is 2.40. The second kappa shape index (κ2) is 6.02. The van der Waals surface area contributed by atoms with Crippen LogP contribution in [0.25, 0.3) is 0 Å². The second-order valence-corrected chi connectivity index (χ2v) is 6.24. The Bertz CT molecular complexity index is 628. The van der Waals surface area contributed by atoms with Crippen LogP contribution < -0.4 is 0 Å². The van der Waals surface area contributed by atoms with Crippen molar-refractivity contribution in [2.24, 2.45) is 0 Å². The third kappa shape index (κ3) is 3.53. The predicted molar refractivity (Wildman–Crippen MR) is 68.1 cm³/mol. The summed E-state index contributed by atoms with van der Waals surface area (Å²) in [6.07, 6.45) is -4.92. The summed E-state index contributed by atoms with van der Waals surface area (Å²) >= 11 is 0. The summed E-state index contributed by atoms with van der Waals surface area (Å²) < 4.78 is 63.6. The van der Waals surface area contributed by atoms with Crippen LogP contribution in [-0.4, -0.2) is 36.9 Å². The Morgan fingerprint density at radius 1 is 1.33 bits per heavy atom. The zero-order chi connectivity index (χ0) is 16.4. The zero-order valence-electron chi connectivity index (χ0n) is 11.3. The minimum Gasteiger partial charge on any atom is -0.480 e. The minimum absolute atomic E-state index is 0.0702. The second-order valence-electron chi connectivity index (χ2n) is 4.28. The molecule has 0 spiro atoms. The van der Waals surface area contributed by atoms with Gasteiger partial charge in [0.25, 0.3) is 0 Å². The van der Waals surface area contributed by atoms with E-state index in [4.69, 9.17) is 5.11 Å². The molecule has 0 aromatic heterocycles.